The Morgan fingerprint density at radius 1 is 1.53 bits per heavy atom. The summed E-state index contributed by atoms with van der Waals surface area (Å²) in [5.74, 6) is -0.310. The summed E-state index contributed by atoms with van der Waals surface area (Å²) in [6.45, 7) is 2.33. The number of carbonyl (C=O) groups is 1. The molecule has 88 valence electrons. The second kappa shape index (κ2) is 4.92. The van der Waals surface area contributed by atoms with Gasteiger partial charge in [-0.1, -0.05) is 6.07 Å². The van der Waals surface area contributed by atoms with Crippen LogP contribution < -0.4 is 10.9 Å². The summed E-state index contributed by atoms with van der Waals surface area (Å²) < 4.78 is 0. The van der Waals surface area contributed by atoms with Crippen molar-refractivity contribution in [2.24, 2.45) is 0 Å². The molecule has 2 heterocycles. The summed E-state index contributed by atoms with van der Waals surface area (Å²) in [4.78, 5) is 30.4. The molecular weight excluding hydrogens is 238 g/mol. The minimum Gasteiger partial charge on any atom is -0.344 e. The molecule has 0 aliphatic carbocycles. The van der Waals surface area contributed by atoms with Crippen molar-refractivity contribution in [2.45, 2.75) is 13.5 Å². The van der Waals surface area contributed by atoms with Gasteiger partial charge in [-0.25, -0.2) is 4.98 Å². The fraction of sp³-hybridized carbons (Fsp3) is 0.182. The van der Waals surface area contributed by atoms with E-state index in [4.69, 9.17) is 0 Å². The highest BCUT2D eigenvalue weighted by Gasteiger charge is 2.06. The van der Waals surface area contributed by atoms with Gasteiger partial charge in [0, 0.05) is 17.1 Å². The van der Waals surface area contributed by atoms with Crippen LogP contribution in [0.5, 0.6) is 0 Å². The Bertz CT molecular complexity index is 588. The Hall–Kier alpha value is -1.95. The molecule has 2 N–H and O–H groups in total. The molecule has 6 heteroatoms. The Morgan fingerprint density at radius 2 is 2.35 bits per heavy atom. The van der Waals surface area contributed by atoms with Gasteiger partial charge in [0.15, 0.2) is 0 Å². The number of pyridine rings is 1. The molecule has 2 aromatic rings. The van der Waals surface area contributed by atoms with Gasteiger partial charge in [0.25, 0.3) is 5.91 Å². The fourth-order valence-corrected chi connectivity index (χ4v) is 2.04. The van der Waals surface area contributed by atoms with Crippen LogP contribution >= 0.6 is 11.3 Å². The van der Waals surface area contributed by atoms with Crippen LogP contribution in [-0.2, 0) is 6.54 Å². The number of aromatic amines is 1. The van der Waals surface area contributed by atoms with Crippen molar-refractivity contribution in [3.63, 3.8) is 0 Å². The van der Waals surface area contributed by atoms with Crippen molar-refractivity contribution in [1.29, 1.82) is 0 Å². The van der Waals surface area contributed by atoms with Gasteiger partial charge >= 0.3 is 0 Å². The van der Waals surface area contributed by atoms with E-state index in [2.05, 4.69) is 15.3 Å². The Kier molecular flexibility index (Phi) is 3.34. The van der Waals surface area contributed by atoms with E-state index in [0.29, 0.717) is 6.54 Å². The van der Waals surface area contributed by atoms with Crippen LogP contribution in [0.2, 0.25) is 0 Å². The lowest BCUT2D eigenvalue weighted by atomic mass is 10.3. The molecule has 0 fully saturated rings. The van der Waals surface area contributed by atoms with Gasteiger partial charge < -0.3 is 10.3 Å². The monoisotopic (exact) mass is 249 g/mol. The number of rotatable bonds is 3. The SMILES string of the molecule is Cc1cnc(CNC(=O)c2cccc(=O)[nH]2)s1. The predicted octanol–water partition coefficient (Wildman–Crippen LogP) is 1.07. The Morgan fingerprint density at radius 3 is 3.00 bits per heavy atom. The van der Waals surface area contributed by atoms with Gasteiger partial charge in [0.1, 0.15) is 10.7 Å². The van der Waals surface area contributed by atoms with Crippen LogP contribution in [0.1, 0.15) is 20.4 Å². The molecular formula is C11H11N3O2S. The second-order valence-corrected chi connectivity index (χ2v) is 4.80. The zero-order valence-corrected chi connectivity index (χ0v) is 10.0. The highest BCUT2D eigenvalue weighted by molar-refractivity contribution is 7.11. The minimum absolute atomic E-state index is 0.255. The summed E-state index contributed by atoms with van der Waals surface area (Å²) in [5.41, 5.74) is -0.0338. The predicted molar refractivity (Wildman–Crippen MR) is 65.1 cm³/mol. The maximum atomic E-state index is 11.7. The van der Waals surface area contributed by atoms with Crippen LogP contribution in [0.4, 0.5) is 0 Å². The largest absolute Gasteiger partial charge is 0.344 e. The average Bonchev–Trinajstić information content (AvgIpc) is 2.72. The molecule has 0 aliphatic heterocycles. The molecule has 0 saturated carbocycles. The molecule has 0 saturated heterocycles. The lowest BCUT2D eigenvalue weighted by molar-refractivity contribution is 0.0945. The number of carbonyl (C=O) groups excluding carboxylic acids is 1. The van der Waals surface area contributed by atoms with Crippen molar-refractivity contribution < 1.29 is 4.79 Å². The van der Waals surface area contributed by atoms with Crippen molar-refractivity contribution in [1.82, 2.24) is 15.3 Å². The summed E-state index contributed by atoms with van der Waals surface area (Å²) in [6, 6.07) is 4.46. The van der Waals surface area contributed by atoms with Crippen molar-refractivity contribution in [3.05, 3.63) is 50.3 Å². The molecule has 2 rings (SSSR count). The van der Waals surface area contributed by atoms with E-state index in [1.54, 1.807) is 18.3 Å². The van der Waals surface area contributed by atoms with E-state index in [9.17, 15) is 9.59 Å². The molecule has 0 spiro atoms. The van der Waals surface area contributed by atoms with E-state index in [1.807, 2.05) is 6.92 Å². The third kappa shape index (κ3) is 3.01. The third-order valence-electron chi connectivity index (χ3n) is 2.08. The smallest absolute Gasteiger partial charge is 0.268 e. The molecule has 0 aliphatic rings. The number of amides is 1. The minimum atomic E-state index is -0.310. The lowest BCUT2D eigenvalue weighted by Gasteiger charge is -2.02. The van der Waals surface area contributed by atoms with E-state index < -0.39 is 0 Å². The van der Waals surface area contributed by atoms with Gasteiger partial charge in [-0.3, -0.25) is 9.59 Å². The molecule has 1 amide bonds. The number of aryl methyl sites for hydroxylation is 1. The number of thiazole rings is 1. The molecule has 5 nitrogen and oxygen atoms in total. The van der Waals surface area contributed by atoms with E-state index in [-0.39, 0.29) is 17.2 Å². The number of nitrogens with one attached hydrogen (secondary N) is 2. The summed E-state index contributed by atoms with van der Waals surface area (Å²) >= 11 is 1.53. The van der Waals surface area contributed by atoms with Crippen LogP contribution in [0, 0.1) is 6.92 Å². The summed E-state index contributed by atoms with van der Waals surface area (Å²) in [7, 11) is 0. The first-order valence-electron chi connectivity index (χ1n) is 5.04. The lowest BCUT2D eigenvalue weighted by Crippen LogP contribution is -2.25. The standard InChI is InChI=1S/C11H11N3O2S/c1-7-5-12-10(17-7)6-13-11(16)8-3-2-4-9(15)14-8/h2-5H,6H2,1H3,(H,13,16)(H,14,15). The maximum absolute atomic E-state index is 11.7. The number of aromatic nitrogens is 2. The number of H-pyrrole nitrogens is 1. The Balaban J connectivity index is 2.00. The normalized spacial score (nSPS) is 10.2. The van der Waals surface area contributed by atoms with Crippen LogP contribution in [0.3, 0.4) is 0 Å². The quantitative estimate of drug-likeness (QED) is 0.854. The Labute approximate surface area is 102 Å². The highest BCUT2D eigenvalue weighted by atomic mass is 32.1. The highest BCUT2D eigenvalue weighted by Crippen LogP contribution is 2.10. The molecule has 0 unspecified atom stereocenters. The van der Waals surface area contributed by atoms with Gasteiger partial charge in [0.05, 0.1) is 6.54 Å². The zero-order valence-electron chi connectivity index (χ0n) is 9.19. The van der Waals surface area contributed by atoms with Crippen molar-refractivity contribution in [3.8, 4) is 0 Å². The average molecular weight is 249 g/mol. The van der Waals surface area contributed by atoms with Crippen molar-refractivity contribution in [2.75, 3.05) is 0 Å². The van der Waals surface area contributed by atoms with Crippen molar-refractivity contribution >= 4 is 17.2 Å². The first-order chi connectivity index (χ1) is 8.15. The van der Waals surface area contributed by atoms with Gasteiger partial charge in [-0.2, -0.15) is 0 Å². The molecule has 0 radical (unpaired) electrons. The van der Waals surface area contributed by atoms with Gasteiger partial charge in [-0.15, -0.1) is 11.3 Å². The molecule has 0 bridgehead atoms. The first kappa shape index (κ1) is 11.5. The van der Waals surface area contributed by atoms with Crippen LogP contribution in [0.15, 0.2) is 29.2 Å². The topological polar surface area (TPSA) is 74.8 Å². The summed E-state index contributed by atoms with van der Waals surface area (Å²) in [6.07, 6.45) is 1.76. The van der Waals surface area contributed by atoms with Crippen LogP contribution in [-0.4, -0.2) is 15.9 Å². The fourth-order valence-electron chi connectivity index (χ4n) is 1.31. The third-order valence-corrected chi connectivity index (χ3v) is 3.00. The van der Waals surface area contributed by atoms with Crippen LogP contribution in [0.25, 0.3) is 0 Å². The molecule has 17 heavy (non-hydrogen) atoms. The number of nitrogens with zero attached hydrogens (tertiary/aromatic N) is 1. The van der Waals surface area contributed by atoms with E-state index in [1.165, 1.54) is 17.4 Å². The van der Waals surface area contributed by atoms with E-state index in [0.717, 1.165) is 9.88 Å². The van der Waals surface area contributed by atoms with Gasteiger partial charge in [-0.05, 0) is 13.0 Å². The van der Waals surface area contributed by atoms with Gasteiger partial charge in [0.2, 0.25) is 5.56 Å². The maximum Gasteiger partial charge on any atom is 0.268 e. The zero-order chi connectivity index (χ0) is 12.3. The number of hydrogen-bond donors (Lipinski definition) is 2. The molecule has 0 aromatic carbocycles. The summed E-state index contributed by atoms with van der Waals surface area (Å²) in [5, 5.41) is 3.54. The molecule has 2 aromatic heterocycles. The van der Waals surface area contributed by atoms with E-state index >= 15 is 0 Å². The second-order valence-electron chi connectivity index (χ2n) is 3.48. The molecule has 0 atom stereocenters. The number of hydrogen-bond acceptors (Lipinski definition) is 4. The first-order valence-corrected chi connectivity index (χ1v) is 5.85.